The van der Waals surface area contributed by atoms with Gasteiger partial charge in [0.05, 0.1) is 5.75 Å². The van der Waals surface area contributed by atoms with Crippen LogP contribution >= 0.6 is 0 Å². The Morgan fingerprint density at radius 2 is 1.84 bits per heavy atom. The van der Waals surface area contributed by atoms with Gasteiger partial charge in [-0.1, -0.05) is 6.42 Å². The Hall–Kier alpha value is -1.50. The van der Waals surface area contributed by atoms with Gasteiger partial charge < -0.3 is 5.11 Å². The molecule has 106 valence electrons. The quantitative estimate of drug-likeness (QED) is 0.783. The van der Waals surface area contributed by atoms with Crippen LogP contribution in [0.3, 0.4) is 0 Å². The number of carbonyl (C=O) groups is 1. The lowest BCUT2D eigenvalue weighted by molar-refractivity contribution is -0.137. The van der Waals surface area contributed by atoms with Crippen LogP contribution in [0.15, 0.2) is 23.1 Å². The van der Waals surface area contributed by atoms with Crippen LogP contribution in [-0.4, -0.2) is 25.2 Å². The number of carboxylic acid groups (broad SMARTS) is 1. The van der Waals surface area contributed by atoms with Gasteiger partial charge in [-0.15, -0.1) is 0 Å². The van der Waals surface area contributed by atoms with Crippen molar-refractivity contribution in [3.63, 3.8) is 0 Å². The van der Waals surface area contributed by atoms with Gasteiger partial charge in [-0.25, -0.2) is 17.2 Å². The molecule has 7 heteroatoms. The summed E-state index contributed by atoms with van der Waals surface area (Å²) in [6, 6.07) is 2.27. The van der Waals surface area contributed by atoms with Crippen LogP contribution in [0.5, 0.6) is 0 Å². The van der Waals surface area contributed by atoms with Crippen LogP contribution < -0.4 is 0 Å². The van der Waals surface area contributed by atoms with Crippen LogP contribution in [0.25, 0.3) is 0 Å². The van der Waals surface area contributed by atoms with Crippen molar-refractivity contribution in [3.8, 4) is 0 Å². The van der Waals surface area contributed by atoms with Crippen molar-refractivity contribution in [2.24, 2.45) is 0 Å². The Kier molecular flexibility index (Phi) is 5.41. The lowest BCUT2D eigenvalue weighted by Gasteiger charge is -2.05. The summed E-state index contributed by atoms with van der Waals surface area (Å²) in [4.78, 5) is 9.61. The van der Waals surface area contributed by atoms with Crippen molar-refractivity contribution >= 4 is 15.8 Å². The predicted molar refractivity (Wildman–Crippen MR) is 64.5 cm³/mol. The molecule has 0 aromatic heterocycles. The third-order valence-electron chi connectivity index (χ3n) is 2.53. The number of hydrogen-bond acceptors (Lipinski definition) is 3. The Morgan fingerprint density at radius 1 is 1.16 bits per heavy atom. The second-order valence-electron chi connectivity index (χ2n) is 4.10. The number of benzene rings is 1. The molecule has 0 atom stereocenters. The average molecular weight is 292 g/mol. The molecular weight excluding hydrogens is 278 g/mol. The van der Waals surface area contributed by atoms with E-state index in [1.807, 2.05) is 0 Å². The van der Waals surface area contributed by atoms with Gasteiger partial charge in [0, 0.05) is 6.42 Å². The van der Waals surface area contributed by atoms with Crippen LogP contribution in [0.1, 0.15) is 25.7 Å². The molecule has 1 N–H and O–H groups in total. The molecule has 0 aliphatic carbocycles. The maximum Gasteiger partial charge on any atom is 0.303 e. The highest BCUT2D eigenvalue weighted by Gasteiger charge is 2.19. The van der Waals surface area contributed by atoms with Crippen LogP contribution in [0.2, 0.25) is 0 Å². The van der Waals surface area contributed by atoms with Gasteiger partial charge in [0.1, 0.15) is 16.5 Å². The van der Waals surface area contributed by atoms with Gasteiger partial charge in [-0.2, -0.15) is 0 Å². The first-order valence-electron chi connectivity index (χ1n) is 5.72. The molecule has 4 nitrogen and oxygen atoms in total. The van der Waals surface area contributed by atoms with Gasteiger partial charge >= 0.3 is 5.97 Å². The minimum atomic E-state index is -3.88. The molecule has 19 heavy (non-hydrogen) atoms. The molecule has 0 radical (unpaired) electrons. The van der Waals surface area contributed by atoms with E-state index < -0.39 is 32.3 Å². The van der Waals surface area contributed by atoms with E-state index >= 15 is 0 Å². The normalized spacial score (nSPS) is 11.5. The molecular formula is C12H14F2O4S. The summed E-state index contributed by atoms with van der Waals surface area (Å²) in [5, 5.41) is 8.41. The first kappa shape index (κ1) is 15.6. The van der Waals surface area contributed by atoms with E-state index in [-0.39, 0.29) is 18.6 Å². The molecule has 0 aliphatic heterocycles. The lowest BCUT2D eigenvalue weighted by Crippen LogP contribution is -2.09. The first-order valence-corrected chi connectivity index (χ1v) is 7.38. The Bertz CT molecular complexity index is 555. The number of rotatable bonds is 7. The van der Waals surface area contributed by atoms with E-state index in [0.29, 0.717) is 18.9 Å². The van der Waals surface area contributed by atoms with Gasteiger partial charge in [0.15, 0.2) is 9.84 Å². The summed E-state index contributed by atoms with van der Waals surface area (Å²) in [6.07, 6.45) is 0.943. The number of sulfone groups is 1. The fraction of sp³-hybridized carbons (Fsp3) is 0.417. The van der Waals surface area contributed by atoms with Crippen molar-refractivity contribution < 1.29 is 27.1 Å². The Balaban J connectivity index is 2.61. The molecule has 1 aromatic carbocycles. The summed E-state index contributed by atoms with van der Waals surface area (Å²) in [5.41, 5.74) is 0. The van der Waals surface area contributed by atoms with E-state index in [0.717, 1.165) is 12.1 Å². The fourth-order valence-electron chi connectivity index (χ4n) is 1.57. The first-order chi connectivity index (χ1) is 8.83. The number of aliphatic carboxylic acids is 1. The van der Waals surface area contributed by atoms with E-state index in [4.69, 9.17) is 5.11 Å². The van der Waals surface area contributed by atoms with Crippen molar-refractivity contribution in [1.29, 1.82) is 0 Å². The maximum absolute atomic E-state index is 13.3. The van der Waals surface area contributed by atoms with Crippen molar-refractivity contribution in [2.45, 2.75) is 30.6 Å². The maximum atomic E-state index is 13.3. The van der Waals surface area contributed by atoms with Crippen LogP contribution in [0.4, 0.5) is 8.78 Å². The number of halogens is 2. The molecule has 0 bridgehead atoms. The highest BCUT2D eigenvalue weighted by Crippen LogP contribution is 2.18. The zero-order chi connectivity index (χ0) is 14.5. The molecule has 0 amide bonds. The van der Waals surface area contributed by atoms with E-state index in [2.05, 4.69) is 0 Å². The average Bonchev–Trinajstić information content (AvgIpc) is 2.31. The molecule has 0 unspecified atom stereocenters. The molecule has 1 aromatic rings. The zero-order valence-corrected chi connectivity index (χ0v) is 10.9. The molecule has 1 rings (SSSR count). The number of unbranched alkanes of at least 4 members (excludes halogenated alkanes) is 2. The van der Waals surface area contributed by atoms with Crippen LogP contribution in [0, 0.1) is 11.6 Å². The standard InChI is InChI=1S/C12H14F2O4S/c13-9-5-6-10(14)11(8-9)19(17,18)7-3-1-2-4-12(15)16/h5-6,8H,1-4,7H2,(H,15,16). The molecule has 0 saturated carbocycles. The van der Waals surface area contributed by atoms with E-state index in [9.17, 15) is 22.0 Å². The Labute approximate surface area is 110 Å². The molecule has 0 fully saturated rings. The SMILES string of the molecule is O=C(O)CCCCCS(=O)(=O)c1cc(F)ccc1F. The number of hydrogen-bond donors (Lipinski definition) is 1. The van der Waals surface area contributed by atoms with Gasteiger partial charge in [0.2, 0.25) is 0 Å². The van der Waals surface area contributed by atoms with E-state index in [1.54, 1.807) is 0 Å². The number of carboxylic acids is 1. The largest absolute Gasteiger partial charge is 0.481 e. The summed E-state index contributed by atoms with van der Waals surface area (Å²) >= 11 is 0. The van der Waals surface area contributed by atoms with Crippen molar-refractivity contribution in [2.75, 3.05) is 5.75 Å². The monoisotopic (exact) mass is 292 g/mol. The molecule has 0 saturated heterocycles. The lowest BCUT2D eigenvalue weighted by atomic mass is 10.2. The zero-order valence-electron chi connectivity index (χ0n) is 10.1. The van der Waals surface area contributed by atoms with Crippen LogP contribution in [-0.2, 0) is 14.6 Å². The predicted octanol–water partition coefficient (Wildman–Crippen LogP) is 2.38. The minimum absolute atomic E-state index is 0.0334. The summed E-state index contributed by atoms with van der Waals surface area (Å²) in [7, 11) is -3.88. The Morgan fingerprint density at radius 3 is 2.47 bits per heavy atom. The molecule has 0 aliphatic rings. The summed E-state index contributed by atoms with van der Waals surface area (Å²) in [6.45, 7) is 0. The minimum Gasteiger partial charge on any atom is -0.481 e. The highest BCUT2D eigenvalue weighted by atomic mass is 32.2. The molecule has 0 spiro atoms. The summed E-state index contributed by atoms with van der Waals surface area (Å²) in [5.74, 6) is -3.07. The third-order valence-corrected chi connectivity index (χ3v) is 4.34. The van der Waals surface area contributed by atoms with Gasteiger partial charge in [-0.05, 0) is 31.0 Å². The van der Waals surface area contributed by atoms with Crippen molar-refractivity contribution in [1.82, 2.24) is 0 Å². The van der Waals surface area contributed by atoms with Gasteiger partial charge in [-0.3, -0.25) is 4.79 Å². The third kappa shape index (κ3) is 4.94. The fourth-order valence-corrected chi connectivity index (χ4v) is 3.03. The van der Waals surface area contributed by atoms with E-state index in [1.165, 1.54) is 0 Å². The smallest absolute Gasteiger partial charge is 0.303 e. The van der Waals surface area contributed by atoms with Gasteiger partial charge in [0.25, 0.3) is 0 Å². The second-order valence-corrected chi connectivity index (χ2v) is 6.18. The summed E-state index contributed by atoms with van der Waals surface area (Å²) < 4.78 is 49.8. The topological polar surface area (TPSA) is 71.4 Å². The highest BCUT2D eigenvalue weighted by molar-refractivity contribution is 7.91. The van der Waals surface area contributed by atoms with Crippen molar-refractivity contribution in [3.05, 3.63) is 29.8 Å². The molecule has 0 heterocycles. The second kappa shape index (κ2) is 6.60.